The molecule has 1 aliphatic rings. The number of hydrogen-bond donors (Lipinski definition) is 0. The lowest BCUT2D eigenvalue weighted by Gasteiger charge is -2.36. The Morgan fingerprint density at radius 2 is 1.50 bits per heavy atom. The third kappa shape index (κ3) is 4.25. The Balaban J connectivity index is 1.34. The lowest BCUT2D eigenvalue weighted by molar-refractivity contribution is -0.132. The van der Waals surface area contributed by atoms with E-state index in [-0.39, 0.29) is 12.5 Å². The van der Waals surface area contributed by atoms with E-state index in [1.54, 1.807) is 6.20 Å². The van der Waals surface area contributed by atoms with Crippen molar-refractivity contribution >= 4 is 11.6 Å². The molecule has 0 spiro atoms. The normalized spacial score (nSPS) is 13.9. The monoisotopic (exact) mass is 423 g/mol. The Bertz CT molecular complexity index is 1170. The summed E-state index contributed by atoms with van der Waals surface area (Å²) in [6.45, 7) is 3.22. The average Bonchev–Trinajstić information content (AvgIpc) is 3.29. The fourth-order valence-electron chi connectivity index (χ4n) is 4.11. The van der Waals surface area contributed by atoms with E-state index in [0.717, 1.165) is 41.3 Å². The van der Waals surface area contributed by atoms with Gasteiger partial charge in [-0.15, -0.1) is 0 Å². The minimum absolute atomic E-state index is 0.0933. The van der Waals surface area contributed by atoms with E-state index >= 15 is 0 Å². The zero-order chi connectivity index (χ0) is 21.8. The molecule has 0 bridgehead atoms. The molecule has 6 heteroatoms. The van der Waals surface area contributed by atoms with Crippen molar-refractivity contribution in [1.29, 1.82) is 0 Å². The van der Waals surface area contributed by atoms with Crippen LogP contribution in [-0.4, -0.2) is 51.8 Å². The second-order valence-electron chi connectivity index (χ2n) is 7.88. The molecule has 160 valence electrons. The molecule has 2 aromatic carbocycles. The summed E-state index contributed by atoms with van der Waals surface area (Å²) in [5, 5.41) is 4.80. The average molecular weight is 424 g/mol. The molecular weight excluding hydrogens is 398 g/mol. The van der Waals surface area contributed by atoms with Crippen LogP contribution in [0.1, 0.15) is 0 Å². The van der Waals surface area contributed by atoms with Gasteiger partial charge in [-0.25, -0.2) is 0 Å². The molecule has 32 heavy (non-hydrogen) atoms. The van der Waals surface area contributed by atoms with Gasteiger partial charge in [0, 0.05) is 37.9 Å². The third-order valence-electron chi connectivity index (χ3n) is 5.85. The van der Waals surface area contributed by atoms with Crippen LogP contribution in [0.25, 0.3) is 22.5 Å². The summed E-state index contributed by atoms with van der Waals surface area (Å²) >= 11 is 0. The molecule has 2 aromatic heterocycles. The van der Waals surface area contributed by atoms with E-state index in [2.05, 4.69) is 34.1 Å². The molecule has 0 saturated carbocycles. The Hall–Kier alpha value is -3.93. The van der Waals surface area contributed by atoms with Gasteiger partial charge in [0.15, 0.2) is 0 Å². The van der Waals surface area contributed by atoms with Crippen molar-refractivity contribution in [3.63, 3.8) is 0 Å². The number of aromatic nitrogens is 3. The SMILES string of the molecule is O=C(Cn1nc(-c2ccccc2)cc1-c1ccccc1)N1CCN(c2cccnc2)CC1. The van der Waals surface area contributed by atoms with Crippen LogP contribution in [-0.2, 0) is 11.3 Å². The molecule has 1 amide bonds. The van der Waals surface area contributed by atoms with Crippen molar-refractivity contribution in [3.8, 4) is 22.5 Å². The van der Waals surface area contributed by atoms with Crippen LogP contribution in [0.4, 0.5) is 5.69 Å². The van der Waals surface area contributed by atoms with Crippen LogP contribution in [0, 0.1) is 0 Å². The summed E-state index contributed by atoms with van der Waals surface area (Å²) < 4.78 is 1.84. The number of hydrogen-bond acceptors (Lipinski definition) is 4. The van der Waals surface area contributed by atoms with Gasteiger partial charge in [-0.3, -0.25) is 14.5 Å². The summed E-state index contributed by atoms with van der Waals surface area (Å²) in [5.41, 5.74) is 5.02. The van der Waals surface area contributed by atoms with E-state index in [1.807, 2.05) is 70.4 Å². The molecule has 1 fully saturated rings. The lowest BCUT2D eigenvalue weighted by atomic mass is 10.1. The number of piperazine rings is 1. The largest absolute Gasteiger partial charge is 0.367 e. The van der Waals surface area contributed by atoms with Gasteiger partial charge in [-0.1, -0.05) is 60.7 Å². The summed E-state index contributed by atoms with van der Waals surface area (Å²) in [7, 11) is 0. The first-order chi connectivity index (χ1) is 15.8. The Kier molecular flexibility index (Phi) is 5.66. The van der Waals surface area contributed by atoms with Gasteiger partial charge in [0.05, 0.1) is 23.3 Å². The van der Waals surface area contributed by atoms with Crippen molar-refractivity contribution < 1.29 is 4.79 Å². The highest BCUT2D eigenvalue weighted by molar-refractivity contribution is 5.78. The van der Waals surface area contributed by atoms with Crippen molar-refractivity contribution in [2.24, 2.45) is 0 Å². The first kappa shape index (κ1) is 20.0. The van der Waals surface area contributed by atoms with Crippen LogP contribution in [0.2, 0.25) is 0 Å². The molecule has 0 unspecified atom stereocenters. The smallest absolute Gasteiger partial charge is 0.244 e. The minimum atomic E-state index is 0.0933. The molecule has 3 heterocycles. The fraction of sp³-hybridized carbons (Fsp3) is 0.192. The molecule has 6 nitrogen and oxygen atoms in total. The zero-order valence-electron chi connectivity index (χ0n) is 17.8. The lowest BCUT2D eigenvalue weighted by Crippen LogP contribution is -2.49. The second-order valence-corrected chi connectivity index (χ2v) is 7.88. The summed E-state index contributed by atoms with van der Waals surface area (Å²) in [4.78, 5) is 21.6. The van der Waals surface area contributed by atoms with Crippen LogP contribution >= 0.6 is 0 Å². The Morgan fingerprint density at radius 1 is 0.812 bits per heavy atom. The molecule has 0 atom stereocenters. The predicted octanol–water partition coefficient (Wildman–Crippen LogP) is 3.96. The molecule has 0 N–H and O–H groups in total. The molecule has 1 aliphatic heterocycles. The molecule has 0 radical (unpaired) electrons. The third-order valence-corrected chi connectivity index (χ3v) is 5.85. The van der Waals surface area contributed by atoms with Crippen molar-refractivity contribution in [3.05, 3.63) is 91.3 Å². The Labute approximate surface area is 187 Å². The van der Waals surface area contributed by atoms with Crippen LogP contribution in [0.5, 0.6) is 0 Å². The van der Waals surface area contributed by atoms with Crippen molar-refractivity contribution in [1.82, 2.24) is 19.7 Å². The number of nitrogens with zero attached hydrogens (tertiary/aromatic N) is 5. The van der Waals surface area contributed by atoms with Gasteiger partial charge in [-0.05, 0) is 23.8 Å². The number of carbonyl (C=O) groups excluding carboxylic acids is 1. The van der Waals surface area contributed by atoms with Gasteiger partial charge in [-0.2, -0.15) is 5.10 Å². The summed E-state index contributed by atoms with van der Waals surface area (Å²) in [5.74, 6) is 0.0933. The van der Waals surface area contributed by atoms with Crippen molar-refractivity contribution in [2.75, 3.05) is 31.1 Å². The van der Waals surface area contributed by atoms with E-state index in [9.17, 15) is 4.79 Å². The number of anilines is 1. The Morgan fingerprint density at radius 3 is 2.16 bits per heavy atom. The minimum Gasteiger partial charge on any atom is -0.367 e. The summed E-state index contributed by atoms with van der Waals surface area (Å²) in [6.07, 6.45) is 3.65. The number of rotatable bonds is 5. The first-order valence-electron chi connectivity index (χ1n) is 10.9. The van der Waals surface area contributed by atoms with Crippen LogP contribution in [0.15, 0.2) is 91.3 Å². The van der Waals surface area contributed by atoms with Gasteiger partial charge in [0.2, 0.25) is 5.91 Å². The van der Waals surface area contributed by atoms with E-state index in [0.29, 0.717) is 13.1 Å². The van der Waals surface area contributed by atoms with Crippen LogP contribution in [0.3, 0.4) is 0 Å². The highest BCUT2D eigenvalue weighted by Gasteiger charge is 2.23. The highest BCUT2D eigenvalue weighted by Crippen LogP contribution is 2.26. The molecule has 5 rings (SSSR count). The topological polar surface area (TPSA) is 54.3 Å². The van der Waals surface area contributed by atoms with Gasteiger partial charge in [0.1, 0.15) is 6.54 Å². The van der Waals surface area contributed by atoms with E-state index < -0.39 is 0 Å². The molecule has 1 saturated heterocycles. The van der Waals surface area contributed by atoms with E-state index in [4.69, 9.17) is 5.10 Å². The van der Waals surface area contributed by atoms with Crippen LogP contribution < -0.4 is 4.90 Å². The second kappa shape index (κ2) is 9.06. The molecule has 4 aromatic rings. The predicted molar refractivity (Wildman–Crippen MR) is 126 cm³/mol. The first-order valence-corrected chi connectivity index (χ1v) is 10.9. The zero-order valence-corrected chi connectivity index (χ0v) is 17.8. The molecule has 0 aliphatic carbocycles. The quantitative estimate of drug-likeness (QED) is 0.488. The van der Waals surface area contributed by atoms with Crippen molar-refractivity contribution in [2.45, 2.75) is 6.54 Å². The van der Waals surface area contributed by atoms with Gasteiger partial charge >= 0.3 is 0 Å². The standard InChI is InChI=1S/C26H25N5O/c32-26(30-16-14-29(15-17-30)23-12-7-13-27-19-23)20-31-25(22-10-5-2-6-11-22)18-24(28-31)21-8-3-1-4-9-21/h1-13,18-19H,14-17,20H2. The number of pyridine rings is 1. The number of amides is 1. The van der Waals surface area contributed by atoms with Gasteiger partial charge in [0.25, 0.3) is 0 Å². The number of benzene rings is 2. The summed E-state index contributed by atoms with van der Waals surface area (Å²) in [6, 6.07) is 26.3. The maximum Gasteiger partial charge on any atom is 0.244 e. The highest BCUT2D eigenvalue weighted by atomic mass is 16.2. The van der Waals surface area contributed by atoms with Gasteiger partial charge < -0.3 is 9.80 Å². The molecular formula is C26H25N5O. The number of carbonyl (C=O) groups is 1. The fourth-order valence-corrected chi connectivity index (χ4v) is 4.11. The maximum absolute atomic E-state index is 13.2. The maximum atomic E-state index is 13.2. The van der Waals surface area contributed by atoms with E-state index in [1.165, 1.54) is 0 Å².